The maximum absolute atomic E-state index is 13.3. The number of amides is 2. The summed E-state index contributed by atoms with van der Waals surface area (Å²) in [5.74, 6) is -0.303. The number of nitrogens with one attached hydrogen (secondary N) is 2. The largest absolute Gasteiger partial charge is 0.380 e. The first-order valence-corrected chi connectivity index (χ1v) is 9.44. The van der Waals surface area contributed by atoms with Gasteiger partial charge in [-0.3, -0.25) is 0 Å². The van der Waals surface area contributed by atoms with E-state index in [9.17, 15) is 9.18 Å². The van der Waals surface area contributed by atoms with Crippen molar-refractivity contribution in [1.29, 1.82) is 0 Å². The van der Waals surface area contributed by atoms with Gasteiger partial charge in [-0.15, -0.1) is 11.3 Å². The highest BCUT2D eigenvalue weighted by molar-refractivity contribution is 7.10. The van der Waals surface area contributed by atoms with E-state index in [0.29, 0.717) is 13.2 Å². The van der Waals surface area contributed by atoms with E-state index < -0.39 is 0 Å². The lowest BCUT2D eigenvalue weighted by Gasteiger charge is -2.19. The second-order valence-electron chi connectivity index (χ2n) is 6.03. The van der Waals surface area contributed by atoms with E-state index in [0.717, 1.165) is 21.6 Å². The van der Waals surface area contributed by atoms with Gasteiger partial charge in [-0.25, -0.2) is 9.18 Å². The normalized spacial score (nSPS) is 11.8. The minimum Gasteiger partial charge on any atom is -0.380 e. The minimum absolute atomic E-state index is 0.287. The van der Waals surface area contributed by atoms with Gasteiger partial charge in [0.15, 0.2) is 0 Å². The molecule has 0 bridgehead atoms. The number of carbonyl (C=O) groups is 1. The van der Waals surface area contributed by atoms with Crippen LogP contribution in [-0.2, 0) is 17.9 Å². The molecule has 0 radical (unpaired) electrons. The van der Waals surface area contributed by atoms with E-state index >= 15 is 0 Å². The molecular formula is C21H21FN2O2S. The van der Waals surface area contributed by atoms with Gasteiger partial charge in [0.1, 0.15) is 5.82 Å². The predicted octanol–water partition coefficient (Wildman–Crippen LogP) is 4.62. The fraction of sp³-hybridized carbons (Fsp3) is 0.190. The van der Waals surface area contributed by atoms with Crippen molar-refractivity contribution >= 4 is 17.4 Å². The summed E-state index contributed by atoms with van der Waals surface area (Å²) in [7, 11) is 1.64. The molecule has 1 atom stereocenters. The molecule has 0 fully saturated rings. The van der Waals surface area contributed by atoms with Crippen LogP contribution in [0, 0.1) is 5.82 Å². The molecule has 27 heavy (non-hydrogen) atoms. The number of ether oxygens (including phenoxy) is 1. The van der Waals surface area contributed by atoms with Gasteiger partial charge >= 0.3 is 6.03 Å². The number of hydrogen-bond donors (Lipinski definition) is 2. The molecule has 0 aliphatic rings. The van der Waals surface area contributed by atoms with Crippen molar-refractivity contribution in [1.82, 2.24) is 10.6 Å². The van der Waals surface area contributed by atoms with Crippen LogP contribution in [0.15, 0.2) is 66.0 Å². The Kier molecular flexibility index (Phi) is 6.57. The number of hydrogen-bond acceptors (Lipinski definition) is 3. The fourth-order valence-electron chi connectivity index (χ4n) is 2.81. The first-order chi connectivity index (χ1) is 13.2. The maximum atomic E-state index is 13.3. The van der Waals surface area contributed by atoms with Gasteiger partial charge in [-0.1, -0.05) is 42.5 Å². The minimum atomic E-state index is -0.334. The fourth-order valence-corrected chi connectivity index (χ4v) is 3.62. The molecule has 0 spiro atoms. The third-order valence-electron chi connectivity index (χ3n) is 4.16. The number of thiophene rings is 1. The van der Waals surface area contributed by atoms with Crippen molar-refractivity contribution in [3.8, 4) is 0 Å². The number of methoxy groups -OCH3 is 1. The van der Waals surface area contributed by atoms with Crippen molar-refractivity contribution in [2.45, 2.75) is 19.2 Å². The summed E-state index contributed by atoms with van der Waals surface area (Å²) in [5.41, 5.74) is 2.87. The van der Waals surface area contributed by atoms with Gasteiger partial charge in [-0.2, -0.15) is 0 Å². The summed E-state index contributed by atoms with van der Waals surface area (Å²) in [6, 6.07) is 17.3. The Balaban J connectivity index is 1.69. The van der Waals surface area contributed by atoms with Gasteiger partial charge < -0.3 is 15.4 Å². The highest BCUT2D eigenvalue weighted by atomic mass is 32.1. The van der Waals surface area contributed by atoms with Gasteiger partial charge in [0.25, 0.3) is 0 Å². The Morgan fingerprint density at radius 1 is 1.07 bits per heavy atom. The van der Waals surface area contributed by atoms with Crippen LogP contribution in [0.1, 0.15) is 27.6 Å². The molecule has 2 amide bonds. The lowest BCUT2D eigenvalue weighted by molar-refractivity contribution is 0.184. The van der Waals surface area contributed by atoms with Gasteiger partial charge in [0.2, 0.25) is 0 Å². The molecule has 2 N–H and O–H groups in total. The molecule has 3 rings (SSSR count). The zero-order chi connectivity index (χ0) is 19.1. The standard InChI is InChI=1S/C21H21FN2O2S/c1-26-14-17-6-3-2-5-16(17)13-23-21(25)24-20(19-7-4-12-27-19)15-8-10-18(22)11-9-15/h2-12,20H,13-14H2,1H3,(H2,23,24,25)/t20-/m0/s1. The van der Waals surface area contributed by atoms with E-state index in [1.807, 2.05) is 41.8 Å². The van der Waals surface area contributed by atoms with Crippen molar-refractivity contribution in [2.24, 2.45) is 0 Å². The lowest BCUT2D eigenvalue weighted by Crippen LogP contribution is -2.38. The number of rotatable bonds is 7. The average molecular weight is 384 g/mol. The first-order valence-electron chi connectivity index (χ1n) is 8.56. The van der Waals surface area contributed by atoms with Gasteiger partial charge in [0.05, 0.1) is 12.6 Å². The monoisotopic (exact) mass is 384 g/mol. The van der Waals surface area contributed by atoms with Crippen molar-refractivity contribution in [3.63, 3.8) is 0 Å². The average Bonchev–Trinajstić information content (AvgIpc) is 3.21. The van der Waals surface area contributed by atoms with E-state index in [4.69, 9.17) is 4.74 Å². The molecule has 0 aliphatic heterocycles. The molecule has 1 aromatic heterocycles. The first kappa shape index (κ1) is 19.1. The van der Waals surface area contributed by atoms with Crippen LogP contribution in [0.25, 0.3) is 0 Å². The number of halogens is 1. The summed E-state index contributed by atoms with van der Waals surface area (Å²) in [6.07, 6.45) is 0. The Morgan fingerprint density at radius 3 is 2.48 bits per heavy atom. The summed E-state index contributed by atoms with van der Waals surface area (Å²) < 4.78 is 18.5. The quantitative estimate of drug-likeness (QED) is 0.624. The van der Waals surface area contributed by atoms with E-state index in [1.165, 1.54) is 12.1 Å². The third kappa shape index (κ3) is 5.15. The van der Waals surface area contributed by atoms with Crippen LogP contribution in [0.3, 0.4) is 0 Å². The maximum Gasteiger partial charge on any atom is 0.315 e. The molecule has 0 saturated carbocycles. The molecule has 4 nitrogen and oxygen atoms in total. The van der Waals surface area contributed by atoms with Gasteiger partial charge in [-0.05, 0) is 40.3 Å². The molecule has 0 aliphatic carbocycles. The van der Waals surface area contributed by atoms with E-state index in [-0.39, 0.29) is 17.9 Å². The summed E-state index contributed by atoms with van der Waals surface area (Å²) >= 11 is 1.54. The lowest BCUT2D eigenvalue weighted by atomic mass is 10.1. The molecule has 0 unspecified atom stereocenters. The Bertz CT molecular complexity index is 866. The van der Waals surface area contributed by atoms with Crippen LogP contribution >= 0.6 is 11.3 Å². The van der Waals surface area contributed by atoms with Crippen molar-refractivity contribution < 1.29 is 13.9 Å². The molecule has 3 aromatic rings. The molecule has 1 heterocycles. The Morgan fingerprint density at radius 2 is 1.81 bits per heavy atom. The van der Waals surface area contributed by atoms with Crippen LogP contribution in [0.5, 0.6) is 0 Å². The SMILES string of the molecule is COCc1ccccc1CNC(=O)N[C@@H](c1ccc(F)cc1)c1cccs1. The summed E-state index contributed by atoms with van der Waals surface area (Å²) in [5, 5.41) is 7.83. The summed E-state index contributed by atoms with van der Waals surface area (Å²) in [6.45, 7) is 0.888. The van der Waals surface area contributed by atoms with Crippen LogP contribution in [-0.4, -0.2) is 13.1 Å². The molecule has 6 heteroatoms. The van der Waals surface area contributed by atoms with Crippen LogP contribution in [0.4, 0.5) is 9.18 Å². The second-order valence-corrected chi connectivity index (χ2v) is 7.01. The topological polar surface area (TPSA) is 50.4 Å². The number of urea groups is 1. The smallest absolute Gasteiger partial charge is 0.315 e. The van der Waals surface area contributed by atoms with Gasteiger partial charge in [0, 0.05) is 18.5 Å². The van der Waals surface area contributed by atoms with E-state index in [1.54, 1.807) is 30.6 Å². The predicted molar refractivity (Wildman–Crippen MR) is 105 cm³/mol. The zero-order valence-electron chi connectivity index (χ0n) is 14.9. The van der Waals surface area contributed by atoms with Crippen LogP contribution < -0.4 is 10.6 Å². The zero-order valence-corrected chi connectivity index (χ0v) is 15.8. The highest BCUT2D eigenvalue weighted by Crippen LogP contribution is 2.26. The Labute approximate surface area is 162 Å². The molecular weight excluding hydrogens is 363 g/mol. The third-order valence-corrected chi connectivity index (χ3v) is 5.10. The van der Waals surface area contributed by atoms with E-state index in [2.05, 4.69) is 10.6 Å². The number of benzene rings is 2. The van der Waals surface area contributed by atoms with Crippen LogP contribution in [0.2, 0.25) is 0 Å². The second kappa shape index (κ2) is 9.30. The molecule has 140 valence electrons. The van der Waals surface area contributed by atoms with Crippen molar-refractivity contribution in [2.75, 3.05) is 7.11 Å². The molecule has 2 aromatic carbocycles. The molecule has 0 saturated heterocycles. The highest BCUT2D eigenvalue weighted by Gasteiger charge is 2.18. The van der Waals surface area contributed by atoms with Crippen molar-refractivity contribution in [3.05, 3.63) is 93.4 Å². The summed E-state index contributed by atoms with van der Waals surface area (Å²) in [4.78, 5) is 13.5. The number of carbonyl (C=O) groups excluding carboxylic acids is 1. The Hall–Kier alpha value is -2.70.